The van der Waals surface area contributed by atoms with E-state index in [4.69, 9.17) is 16.3 Å². The van der Waals surface area contributed by atoms with E-state index in [2.05, 4.69) is 10.6 Å². The molecule has 6 heteroatoms. The third-order valence-electron chi connectivity index (χ3n) is 4.40. The van der Waals surface area contributed by atoms with E-state index in [1.807, 2.05) is 32.0 Å². The summed E-state index contributed by atoms with van der Waals surface area (Å²) in [5.41, 5.74) is 1.96. The number of hydrogen-bond donors (Lipinski definition) is 2. The lowest BCUT2D eigenvalue weighted by atomic mass is 9.90. The molecule has 0 radical (unpaired) electrons. The van der Waals surface area contributed by atoms with E-state index < -0.39 is 11.3 Å². The maximum absolute atomic E-state index is 12.7. The fraction of sp³-hybridized carbons (Fsp3) is 0.300. The Hall–Kier alpha value is -2.53. The standard InChI is InChI=1S/C20H23ClN2O3/c1-12-7-6-8-16(13(12)2)23-19(25)20(3,4)18(24)22-14-9-10-17(26-5)15(21)11-14/h6-11H,1-5H3,(H,22,24)(H,23,25). The van der Waals surface area contributed by atoms with E-state index in [0.29, 0.717) is 22.1 Å². The summed E-state index contributed by atoms with van der Waals surface area (Å²) in [6.07, 6.45) is 0. The molecule has 0 aliphatic rings. The first kappa shape index (κ1) is 19.8. The van der Waals surface area contributed by atoms with E-state index in [1.54, 1.807) is 32.0 Å². The summed E-state index contributed by atoms with van der Waals surface area (Å²) in [5, 5.41) is 5.95. The minimum absolute atomic E-state index is 0.378. The molecule has 138 valence electrons. The van der Waals surface area contributed by atoms with Crippen molar-refractivity contribution in [3.05, 3.63) is 52.5 Å². The molecule has 0 spiro atoms. The number of ether oxygens (including phenoxy) is 1. The van der Waals surface area contributed by atoms with Crippen LogP contribution in [0.25, 0.3) is 0 Å². The minimum Gasteiger partial charge on any atom is -0.495 e. The van der Waals surface area contributed by atoms with Gasteiger partial charge >= 0.3 is 0 Å². The number of hydrogen-bond acceptors (Lipinski definition) is 3. The van der Waals surface area contributed by atoms with Crippen LogP contribution < -0.4 is 15.4 Å². The average molecular weight is 375 g/mol. The molecule has 0 heterocycles. The van der Waals surface area contributed by atoms with Gasteiger partial charge in [0.15, 0.2) is 0 Å². The molecule has 2 aromatic carbocycles. The SMILES string of the molecule is COc1ccc(NC(=O)C(C)(C)C(=O)Nc2cccc(C)c2C)cc1Cl. The molecule has 0 unspecified atom stereocenters. The number of aryl methyl sites for hydroxylation is 1. The first-order chi connectivity index (χ1) is 12.2. The zero-order chi connectivity index (χ0) is 19.5. The van der Waals surface area contributed by atoms with Gasteiger partial charge in [0.2, 0.25) is 11.8 Å². The second-order valence-corrected chi connectivity index (χ2v) is 7.04. The van der Waals surface area contributed by atoms with Gasteiger partial charge in [0.05, 0.1) is 12.1 Å². The van der Waals surface area contributed by atoms with Crippen LogP contribution in [0.1, 0.15) is 25.0 Å². The zero-order valence-corrected chi connectivity index (χ0v) is 16.3. The summed E-state index contributed by atoms with van der Waals surface area (Å²) in [7, 11) is 1.51. The van der Waals surface area contributed by atoms with Crippen molar-refractivity contribution in [1.29, 1.82) is 0 Å². The number of methoxy groups -OCH3 is 1. The van der Waals surface area contributed by atoms with E-state index >= 15 is 0 Å². The van der Waals surface area contributed by atoms with Crippen molar-refractivity contribution in [3.8, 4) is 5.75 Å². The van der Waals surface area contributed by atoms with Crippen LogP contribution in [0.5, 0.6) is 5.75 Å². The zero-order valence-electron chi connectivity index (χ0n) is 15.6. The molecule has 0 saturated heterocycles. The summed E-state index contributed by atoms with van der Waals surface area (Å²) in [6, 6.07) is 10.6. The fourth-order valence-corrected chi connectivity index (χ4v) is 2.56. The topological polar surface area (TPSA) is 67.4 Å². The van der Waals surface area contributed by atoms with Crippen LogP contribution in [0, 0.1) is 19.3 Å². The lowest BCUT2D eigenvalue weighted by molar-refractivity contribution is -0.135. The van der Waals surface area contributed by atoms with Gasteiger partial charge in [0.1, 0.15) is 11.2 Å². The third kappa shape index (κ3) is 4.17. The second kappa shape index (κ2) is 7.79. The molecule has 0 atom stereocenters. The van der Waals surface area contributed by atoms with Crippen molar-refractivity contribution in [2.24, 2.45) is 5.41 Å². The van der Waals surface area contributed by atoms with Crippen molar-refractivity contribution in [2.75, 3.05) is 17.7 Å². The Morgan fingerprint density at radius 2 is 1.69 bits per heavy atom. The molecular formula is C20H23ClN2O3. The van der Waals surface area contributed by atoms with Crippen LogP contribution in [0.4, 0.5) is 11.4 Å². The molecule has 0 fully saturated rings. The van der Waals surface area contributed by atoms with Crippen LogP contribution in [-0.4, -0.2) is 18.9 Å². The number of nitrogens with one attached hydrogen (secondary N) is 2. The van der Waals surface area contributed by atoms with Gasteiger partial charge in [-0.2, -0.15) is 0 Å². The molecule has 2 N–H and O–H groups in total. The smallest absolute Gasteiger partial charge is 0.239 e. The highest BCUT2D eigenvalue weighted by atomic mass is 35.5. The predicted octanol–water partition coefficient (Wildman–Crippen LogP) is 4.57. The Labute approximate surface area is 158 Å². The Balaban J connectivity index is 2.14. The maximum atomic E-state index is 12.7. The molecule has 2 aromatic rings. The van der Waals surface area contributed by atoms with Gasteiger partial charge in [-0.15, -0.1) is 0 Å². The molecule has 0 aromatic heterocycles. The van der Waals surface area contributed by atoms with Crippen LogP contribution in [0.3, 0.4) is 0 Å². The molecule has 0 bridgehead atoms. The minimum atomic E-state index is -1.28. The van der Waals surface area contributed by atoms with Gasteiger partial charge in [-0.3, -0.25) is 9.59 Å². The van der Waals surface area contributed by atoms with Crippen molar-refractivity contribution < 1.29 is 14.3 Å². The van der Waals surface area contributed by atoms with E-state index in [0.717, 1.165) is 11.1 Å². The van der Waals surface area contributed by atoms with Gasteiger partial charge in [-0.05, 0) is 63.1 Å². The van der Waals surface area contributed by atoms with Gasteiger partial charge in [0.25, 0.3) is 0 Å². The summed E-state index contributed by atoms with van der Waals surface area (Å²) < 4.78 is 5.09. The molecule has 2 amide bonds. The van der Waals surface area contributed by atoms with Gasteiger partial charge < -0.3 is 15.4 Å². The first-order valence-electron chi connectivity index (χ1n) is 8.19. The monoisotopic (exact) mass is 374 g/mol. The number of rotatable bonds is 5. The molecule has 26 heavy (non-hydrogen) atoms. The third-order valence-corrected chi connectivity index (χ3v) is 4.69. The summed E-state index contributed by atoms with van der Waals surface area (Å²) in [5.74, 6) is -0.304. The van der Waals surface area contributed by atoms with Gasteiger partial charge in [-0.1, -0.05) is 23.7 Å². The Morgan fingerprint density at radius 1 is 1.04 bits per heavy atom. The van der Waals surface area contributed by atoms with Crippen molar-refractivity contribution in [3.63, 3.8) is 0 Å². The number of carbonyl (C=O) groups excluding carboxylic acids is 2. The number of carbonyl (C=O) groups is 2. The molecule has 0 aliphatic heterocycles. The van der Waals surface area contributed by atoms with E-state index in [9.17, 15) is 9.59 Å². The summed E-state index contributed by atoms with van der Waals surface area (Å²) >= 11 is 6.07. The number of halogens is 1. The Bertz CT molecular complexity index is 847. The Morgan fingerprint density at radius 3 is 2.31 bits per heavy atom. The summed E-state index contributed by atoms with van der Waals surface area (Å²) in [6.45, 7) is 7.05. The highest BCUT2D eigenvalue weighted by molar-refractivity contribution is 6.32. The predicted molar refractivity (Wildman–Crippen MR) is 105 cm³/mol. The quantitative estimate of drug-likeness (QED) is 0.753. The van der Waals surface area contributed by atoms with Gasteiger partial charge in [0, 0.05) is 11.4 Å². The molecule has 0 saturated carbocycles. The largest absolute Gasteiger partial charge is 0.495 e. The first-order valence-corrected chi connectivity index (χ1v) is 8.57. The molecular weight excluding hydrogens is 352 g/mol. The lowest BCUT2D eigenvalue weighted by Gasteiger charge is -2.23. The van der Waals surface area contributed by atoms with Gasteiger partial charge in [-0.25, -0.2) is 0 Å². The van der Waals surface area contributed by atoms with Crippen LogP contribution in [0.15, 0.2) is 36.4 Å². The summed E-state index contributed by atoms with van der Waals surface area (Å²) in [4.78, 5) is 25.3. The maximum Gasteiger partial charge on any atom is 0.239 e. The number of amides is 2. The van der Waals surface area contributed by atoms with Crippen molar-refractivity contribution in [1.82, 2.24) is 0 Å². The normalized spacial score (nSPS) is 11.0. The molecule has 2 rings (SSSR count). The lowest BCUT2D eigenvalue weighted by Crippen LogP contribution is -2.41. The molecule has 5 nitrogen and oxygen atoms in total. The van der Waals surface area contributed by atoms with Crippen LogP contribution in [-0.2, 0) is 9.59 Å². The molecule has 0 aliphatic carbocycles. The van der Waals surface area contributed by atoms with Crippen LogP contribution >= 0.6 is 11.6 Å². The Kier molecular flexibility index (Phi) is 5.93. The van der Waals surface area contributed by atoms with Crippen molar-refractivity contribution >= 4 is 34.8 Å². The van der Waals surface area contributed by atoms with Crippen LogP contribution in [0.2, 0.25) is 5.02 Å². The average Bonchev–Trinajstić information content (AvgIpc) is 2.59. The second-order valence-electron chi connectivity index (χ2n) is 6.63. The fourth-order valence-electron chi connectivity index (χ4n) is 2.30. The van der Waals surface area contributed by atoms with E-state index in [1.165, 1.54) is 7.11 Å². The number of benzene rings is 2. The highest BCUT2D eigenvalue weighted by Gasteiger charge is 2.36. The highest BCUT2D eigenvalue weighted by Crippen LogP contribution is 2.29. The van der Waals surface area contributed by atoms with E-state index in [-0.39, 0.29) is 5.91 Å². The number of anilines is 2. The van der Waals surface area contributed by atoms with Crippen molar-refractivity contribution in [2.45, 2.75) is 27.7 Å².